The maximum Gasteiger partial charge on any atom is 0.271 e. The van der Waals surface area contributed by atoms with E-state index < -0.39 is 0 Å². The molecule has 0 aliphatic carbocycles. The molecule has 2 amide bonds. The van der Waals surface area contributed by atoms with E-state index >= 15 is 0 Å². The van der Waals surface area contributed by atoms with Crippen molar-refractivity contribution >= 4 is 34.8 Å². The topological polar surface area (TPSA) is 70.6 Å². The van der Waals surface area contributed by atoms with Gasteiger partial charge in [0.2, 0.25) is 0 Å². The number of anilines is 1. The number of hydrogen-bond acceptors (Lipinski definition) is 3. The molecule has 3 aromatic rings. The number of amides is 2. The Hall–Kier alpha value is -3.44. The van der Waals surface area contributed by atoms with E-state index in [2.05, 4.69) is 15.8 Å². The van der Waals surface area contributed by atoms with Gasteiger partial charge in [-0.15, -0.1) is 0 Å². The smallest absolute Gasteiger partial charge is 0.271 e. The van der Waals surface area contributed by atoms with Crippen molar-refractivity contribution in [3.8, 4) is 0 Å². The maximum atomic E-state index is 12.4. The number of nitrogens with one attached hydrogen (secondary N) is 2. The molecule has 5 nitrogen and oxygen atoms in total. The van der Waals surface area contributed by atoms with Crippen molar-refractivity contribution < 1.29 is 9.59 Å². The van der Waals surface area contributed by atoms with Crippen molar-refractivity contribution in [2.75, 3.05) is 5.32 Å². The zero-order valence-electron chi connectivity index (χ0n) is 17.0. The van der Waals surface area contributed by atoms with E-state index in [1.165, 1.54) is 0 Å². The van der Waals surface area contributed by atoms with Crippen LogP contribution < -0.4 is 10.7 Å². The van der Waals surface area contributed by atoms with Crippen molar-refractivity contribution in [2.24, 2.45) is 5.10 Å². The minimum Gasteiger partial charge on any atom is -0.322 e. The van der Waals surface area contributed by atoms with E-state index in [0.717, 1.165) is 16.7 Å². The Morgan fingerprint density at radius 2 is 1.50 bits per heavy atom. The molecule has 0 atom stereocenters. The molecule has 2 N–H and O–H groups in total. The summed E-state index contributed by atoms with van der Waals surface area (Å²) in [5.74, 6) is -0.508. The fraction of sp³-hybridized carbons (Fsp3) is 0.125. The third kappa shape index (κ3) is 5.33. The fourth-order valence-electron chi connectivity index (χ4n) is 2.77. The zero-order valence-corrected chi connectivity index (χ0v) is 17.7. The number of benzene rings is 3. The monoisotopic (exact) mass is 419 g/mol. The van der Waals surface area contributed by atoms with Gasteiger partial charge in [-0.3, -0.25) is 9.59 Å². The number of hydrazone groups is 1. The number of carbonyl (C=O) groups excluding carboxylic acids is 2. The molecule has 0 bridgehead atoms. The first-order valence-electron chi connectivity index (χ1n) is 9.43. The van der Waals surface area contributed by atoms with Gasteiger partial charge in [-0.25, -0.2) is 5.43 Å². The number of hydrogen-bond donors (Lipinski definition) is 2. The summed E-state index contributed by atoms with van der Waals surface area (Å²) >= 11 is 5.86. The van der Waals surface area contributed by atoms with Gasteiger partial charge in [0.25, 0.3) is 11.8 Å². The molecule has 0 spiro atoms. The van der Waals surface area contributed by atoms with E-state index in [9.17, 15) is 9.59 Å². The Balaban J connectivity index is 1.69. The molecule has 0 heterocycles. The van der Waals surface area contributed by atoms with E-state index in [-0.39, 0.29) is 11.8 Å². The van der Waals surface area contributed by atoms with Crippen LogP contribution in [0, 0.1) is 13.8 Å². The predicted octanol–water partition coefficient (Wildman–Crippen LogP) is 5.36. The molecule has 0 saturated heterocycles. The minimum absolute atomic E-state index is 0.235. The highest BCUT2D eigenvalue weighted by Gasteiger charge is 2.09. The van der Waals surface area contributed by atoms with Crippen LogP contribution in [0.25, 0.3) is 0 Å². The number of carbonyl (C=O) groups is 2. The van der Waals surface area contributed by atoms with Crippen LogP contribution in [0.5, 0.6) is 0 Å². The zero-order chi connectivity index (χ0) is 21.7. The number of aryl methyl sites for hydroxylation is 2. The van der Waals surface area contributed by atoms with Crippen LogP contribution in [0.3, 0.4) is 0 Å². The summed E-state index contributed by atoms with van der Waals surface area (Å²) in [4.78, 5) is 24.7. The van der Waals surface area contributed by atoms with Crippen LogP contribution in [-0.4, -0.2) is 17.5 Å². The molecule has 0 aliphatic heterocycles. The van der Waals surface area contributed by atoms with Gasteiger partial charge in [-0.1, -0.05) is 29.8 Å². The van der Waals surface area contributed by atoms with E-state index in [1.807, 2.05) is 38.1 Å². The highest BCUT2D eigenvalue weighted by molar-refractivity contribution is 6.30. The molecule has 152 valence electrons. The summed E-state index contributed by atoms with van der Waals surface area (Å²) in [6.45, 7) is 5.75. The van der Waals surface area contributed by atoms with Gasteiger partial charge in [-0.05, 0) is 86.0 Å². The van der Waals surface area contributed by atoms with Gasteiger partial charge in [-0.2, -0.15) is 5.10 Å². The molecule has 3 rings (SSSR count). The SMILES string of the molecule is C/C(=N\NC(=O)c1ccc(C)c(C)c1)c1cccc(NC(=O)c2ccc(Cl)cc2)c1. The Morgan fingerprint density at radius 3 is 2.20 bits per heavy atom. The van der Waals surface area contributed by atoms with E-state index in [1.54, 1.807) is 49.4 Å². The second-order valence-corrected chi connectivity index (χ2v) is 7.42. The van der Waals surface area contributed by atoms with Crippen LogP contribution in [-0.2, 0) is 0 Å². The lowest BCUT2D eigenvalue weighted by Crippen LogP contribution is -2.19. The van der Waals surface area contributed by atoms with Gasteiger partial charge >= 0.3 is 0 Å². The van der Waals surface area contributed by atoms with Crippen LogP contribution in [0.15, 0.2) is 71.8 Å². The molecule has 0 aliphatic rings. The first-order valence-corrected chi connectivity index (χ1v) is 9.80. The normalized spacial score (nSPS) is 11.1. The summed E-state index contributed by atoms with van der Waals surface area (Å²) < 4.78 is 0. The third-order valence-corrected chi connectivity index (χ3v) is 4.99. The third-order valence-electron chi connectivity index (χ3n) is 4.74. The highest BCUT2D eigenvalue weighted by Crippen LogP contribution is 2.15. The fourth-order valence-corrected chi connectivity index (χ4v) is 2.90. The van der Waals surface area contributed by atoms with Crippen LogP contribution in [0.4, 0.5) is 5.69 Å². The summed E-state index contributed by atoms with van der Waals surface area (Å²) in [7, 11) is 0. The molecule has 0 radical (unpaired) electrons. The first kappa shape index (κ1) is 21.3. The molecular formula is C24H22ClN3O2. The Kier molecular flexibility index (Phi) is 6.65. The second-order valence-electron chi connectivity index (χ2n) is 6.98. The molecule has 30 heavy (non-hydrogen) atoms. The Labute approximate surface area is 180 Å². The van der Waals surface area contributed by atoms with E-state index in [4.69, 9.17) is 11.6 Å². The quantitative estimate of drug-likeness (QED) is 0.431. The standard InChI is InChI=1S/C24H22ClN3O2/c1-15-7-8-20(13-16(15)2)24(30)28-27-17(3)19-5-4-6-22(14-19)26-23(29)18-9-11-21(25)12-10-18/h4-14H,1-3H3,(H,26,29)(H,28,30)/b27-17+. The maximum absolute atomic E-state index is 12.4. The number of nitrogens with zero attached hydrogens (tertiary/aromatic N) is 1. The lowest BCUT2D eigenvalue weighted by Gasteiger charge is -2.08. The van der Waals surface area contributed by atoms with Gasteiger partial charge in [0.15, 0.2) is 0 Å². The van der Waals surface area contributed by atoms with E-state index in [0.29, 0.717) is 27.5 Å². The lowest BCUT2D eigenvalue weighted by atomic mass is 10.1. The van der Waals surface area contributed by atoms with Crippen molar-refractivity contribution in [3.63, 3.8) is 0 Å². The average Bonchev–Trinajstić information content (AvgIpc) is 2.74. The van der Waals surface area contributed by atoms with Crippen molar-refractivity contribution in [2.45, 2.75) is 20.8 Å². The van der Waals surface area contributed by atoms with Crippen molar-refractivity contribution in [1.29, 1.82) is 0 Å². The molecule has 0 saturated carbocycles. The van der Waals surface area contributed by atoms with Gasteiger partial charge in [0.1, 0.15) is 0 Å². The molecule has 6 heteroatoms. The lowest BCUT2D eigenvalue weighted by molar-refractivity contribution is 0.0954. The minimum atomic E-state index is -0.273. The Bertz CT molecular complexity index is 1120. The molecule has 3 aromatic carbocycles. The second kappa shape index (κ2) is 9.37. The average molecular weight is 420 g/mol. The van der Waals surface area contributed by atoms with Crippen molar-refractivity contribution in [3.05, 3.63) is 99.6 Å². The summed E-state index contributed by atoms with van der Waals surface area (Å²) in [6.07, 6.45) is 0. The first-order chi connectivity index (χ1) is 14.3. The number of halogens is 1. The van der Waals surface area contributed by atoms with Crippen LogP contribution >= 0.6 is 11.6 Å². The highest BCUT2D eigenvalue weighted by atomic mass is 35.5. The Morgan fingerprint density at radius 1 is 0.800 bits per heavy atom. The predicted molar refractivity (Wildman–Crippen MR) is 121 cm³/mol. The van der Waals surface area contributed by atoms with Gasteiger partial charge in [0, 0.05) is 21.8 Å². The molecule has 0 fully saturated rings. The summed E-state index contributed by atoms with van der Waals surface area (Å²) in [5.41, 5.74) is 7.85. The summed E-state index contributed by atoms with van der Waals surface area (Å²) in [6, 6.07) is 19.4. The van der Waals surface area contributed by atoms with Crippen LogP contribution in [0.2, 0.25) is 5.02 Å². The molecular weight excluding hydrogens is 398 g/mol. The molecule has 0 unspecified atom stereocenters. The largest absolute Gasteiger partial charge is 0.322 e. The van der Waals surface area contributed by atoms with Crippen molar-refractivity contribution in [1.82, 2.24) is 5.43 Å². The summed E-state index contributed by atoms with van der Waals surface area (Å²) in [5, 5.41) is 7.62. The molecule has 0 aromatic heterocycles. The van der Waals surface area contributed by atoms with Gasteiger partial charge in [0.05, 0.1) is 5.71 Å². The van der Waals surface area contributed by atoms with Gasteiger partial charge < -0.3 is 5.32 Å². The van der Waals surface area contributed by atoms with Crippen LogP contribution in [0.1, 0.15) is 44.3 Å². The number of rotatable bonds is 5.